The maximum Gasteiger partial charge on any atom is 0.347 e. The van der Waals surface area contributed by atoms with Crippen LogP contribution in [0.4, 0.5) is 5.13 Å². The highest BCUT2D eigenvalue weighted by atomic mass is 32.2. The molecule has 1 saturated heterocycles. The molecule has 0 amide bonds. The minimum absolute atomic E-state index is 0.104. The van der Waals surface area contributed by atoms with Crippen LogP contribution in [0.1, 0.15) is 16.1 Å². The number of anilines is 1. The van der Waals surface area contributed by atoms with E-state index in [1.54, 1.807) is 11.9 Å². The largest absolute Gasteiger partial charge is 0.477 e. The summed E-state index contributed by atoms with van der Waals surface area (Å²) in [6.45, 7) is 0. The average molecular weight is 276 g/mol. The normalized spacial score (nSPS) is 22.5. The Morgan fingerprint density at radius 2 is 2.35 bits per heavy atom. The van der Waals surface area contributed by atoms with Crippen LogP contribution in [0.15, 0.2) is 6.20 Å². The van der Waals surface area contributed by atoms with Crippen molar-refractivity contribution in [1.82, 2.24) is 4.98 Å². The van der Waals surface area contributed by atoms with Crippen molar-refractivity contribution < 1.29 is 18.3 Å². The Hall–Kier alpha value is -1.15. The van der Waals surface area contributed by atoms with Crippen molar-refractivity contribution in [1.29, 1.82) is 0 Å². The second-order valence-corrected chi connectivity index (χ2v) is 7.22. The number of sulfone groups is 1. The van der Waals surface area contributed by atoms with Gasteiger partial charge in [0.15, 0.2) is 15.0 Å². The summed E-state index contributed by atoms with van der Waals surface area (Å²) in [6, 6.07) is -0.104. The molecule has 0 aliphatic carbocycles. The van der Waals surface area contributed by atoms with E-state index in [0.717, 1.165) is 11.3 Å². The standard InChI is InChI=1S/C9H12N2O4S2/c1-11(6-2-3-17(14,15)5-6)9-10-4-7(16-9)8(12)13/h4,6H,2-3,5H2,1H3,(H,12,13). The second kappa shape index (κ2) is 4.26. The van der Waals surface area contributed by atoms with Crippen LogP contribution in [0.25, 0.3) is 0 Å². The minimum Gasteiger partial charge on any atom is -0.477 e. The van der Waals surface area contributed by atoms with Crippen LogP contribution in [-0.4, -0.2) is 49.1 Å². The lowest BCUT2D eigenvalue weighted by Gasteiger charge is -2.22. The van der Waals surface area contributed by atoms with Gasteiger partial charge in [0.25, 0.3) is 0 Å². The number of nitrogens with zero attached hydrogens (tertiary/aromatic N) is 2. The molecule has 0 saturated carbocycles. The molecule has 2 rings (SSSR count). The Kier molecular flexibility index (Phi) is 3.09. The SMILES string of the molecule is CN(c1ncc(C(=O)O)s1)C1CCS(=O)(=O)C1. The van der Waals surface area contributed by atoms with Crippen molar-refractivity contribution in [2.45, 2.75) is 12.5 Å². The zero-order valence-electron chi connectivity index (χ0n) is 9.16. The van der Waals surface area contributed by atoms with Gasteiger partial charge in [-0.2, -0.15) is 0 Å². The fourth-order valence-corrected chi connectivity index (χ4v) is 4.33. The number of aromatic carboxylic acids is 1. The molecule has 0 radical (unpaired) electrons. The fraction of sp³-hybridized carbons (Fsp3) is 0.556. The van der Waals surface area contributed by atoms with Gasteiger partial charge in [-0.15, -0.1) is 0 Å². The van der Waals surface area contributed by atoms with E-state index in [0.29, 0.717) is 11.6 Å². The fourth-order valence-electron chi connectivity index (χ4n) is 1.76. The number of rotatable bonds is 3. The van der Waals surface area contributed by atoms with E-state index in [9.17, 15) is 13.2 Å². The number of hydrogen-bond donors (Lipinski definition) is 1. The van der Waals surface area contributed by atoms with Gasteiger partial charge in [0.1, 0.15) is 4.88 Å². The molecule has 94 valence electrons. The van der Waals surface area contributed by atoms with Crippen molar-refractivity contribution in [3.05, 3.63) is 11.1 Å². The molecule has 1 unspecified atom stereocenters. The lowest BCUT2D eigenvalue weighted by Crippen LogP contribution is -2.32. The lowest BCUT2D eigenvalue weighted by atomic mass is 10.2. The summed E-state index contributed by atoms with van der Waals surface area (Å²) in [7, 11) is -1.19. The monoisotopic (exact) mass is 276 g/mol. The maximum atomic E-state index is 11.4. The Balaban J connectivity index is 2.14. The second-order valence-electron chi connectivity index (χ2n) is 3.98. The topological polar surface area (TPSA) is 87.6 Å². The third-order valence-electron chi connectivity index (χ3n) is 2.76. The van der Waals surface area contributed by atoms with Gasteiger partial charge in [-0.25, -0.2) is 18.2 Å². The highest BCUT2D eigenvalue weighted by molar-refractivity contribution is 7.91. The molecule has 6 nitrogen and oxygen atoms in total. The molecule has 1 N–H and O–H groups in total. The third kappa shape index (κ3) is 2.58. The first-order valence-corrected chi connectivity index (χ1v) is 7.65. The van der Waals surface area contributed by atoms with E-state index >= 15 is 0 Å². The highest BCUT2D eigenvalue weighted by Crippen LogP contribution is 2.26. The lowest BCUT2D eigenvalue weighted by molar-refractivity contribution is 0.0702. The van der Waals surface area contributed by atoms with Crippen molar-refractivity contribution in [2.75, 3.05) is 23.5 Å². The van der Waals surface area contributed by atoms with Gasteiger partial charge >= 0.3 is 5.97 Å². The van der Waals surface area contributed by atoms with Gasteiger partial charge in [-0.1, -0.05) is 11.3 Å². The number of thiazole rings is 1. The summed E-state index contributed by atoms with van der Waals surface area (Å²) in [5.74, 6) is -0.703. The summed E-state index contributed by atoms with van der Waals surface area (Å²) in [4.78, 5) is 16.6. The highest BCUT2D eigenvalue weighted by Gasteiger charge is 2.31. The predicted molar refractivity (Wildman–Crippen MR) is 64.5 cm³/mol. The van der Waals surface area contributed by atoms with Crippen molar-refractivity contribution in [3.8, 4) is 0 Å². The molecule has 8 heteroatoms. The van der Waals surface area contributed by atoms with Crippen LogP contribution in [0.2, 0.25) is 0 Å². The number of carboxylic acid groups (broad SMARTS) is 1. The number of carbonyl (C=O) groups is 1. The third-order valence-corrected chi connectivity index (χ3v) is 5.59. The van der Waals surface area contributed by atoms with Crippen LogP contribution < -0.4 is 4.90 Å². The molecular weight excluding hydrogens is 264 g/mol. The minimum atomic E-state index is -2.94. The molecule has 1 aliphatic rings. The summed E-state index contributed by atoms with van der Waals surface area (Å²) < 4.78 is 22.7. The molecular formula is C9H12N2O4S2. The van der Waals surface area contributed by atoms with E-state index in [1.807, 2.05) is 0 Å². The maximum absolute atomic E-state index is 11.4. The van der Waals surface area contributed by atoms with Crippen LogP contribution >= 0.6 is 11.3 Å². The molecule has 0 spiro atoms. The van der Waals surface area contributed by atoms with E-state index < -0.39 is 15.8 Å². The molecule has 1 fully saturated rings. The first-order valence-electron chi connectivity index (χ1n) is 5.01. The summed E-state index contributed by atoms with van der Waals surface area (Å²) in [6.07, 6.45) is 1.86. The smallest absolute Gasteiger partial charge is 0.347 e. The molecule has 1 atom stereocenters. The van der Waals surface area contributed by atoms with Gasteiger partial charge in [0.05, 0.1) is 17.7 Å². The molecule has 0 aromatic carbocycles. The first-order chi connectivity index (χ1) is 7.89. The number of hydrogen-bond acceptors (Lipinski definition) is 6. The van der Waals surface area contributed by atoms with E-state index in [2.05, 4.69) is 4.98 Å². The van der Waals surface area contributed by atoms with Crippen LogP contribution in [-0.2, 0) is 9.84 Å². The predicted octanol–water partition coefficient (Wildman–Crippen LogP) is 0.465. The molecule has 1 aromatic heterocycles. The van der Waals surface area contributed by atoms with E-state index in [-0.39, 0.29) is 22.4 Å². The number of carboxylic acids is 1. The Bertz CT molecular complexity index is 537. The molecule has 1 aliphatic heterocycles. The van der Waals surface area contributed by atoms with Crippen LogP contribution in [0.5, 0.6) is 0 Å². The molecule has 17 heavy (non-hydrogen) atoms. The van der Waals surface area contributed by atoms with Gasteiger partial charge < -0.3 is 10.0 Å². The summed E-state index contributed by atoms with van der Waals surface area (Å²) in [5.41, 5.74) is 0. The number of aromatic nitrogens is 1. The van der Waals surface area contributed by atoms with Gasteiger partial charge in [0.2, 0.25) is 0 Å². The van der Waals surface area contributed by atoms with Crippen molar-refractivity contribution in [2.24, 2.45) is 0 Å². The Labute approximate surface area is 103 Å². The van der Waals surface area contributed by atoms with Gasteiger partial charge in [0, 0.05) is 13.1 Å². The zero-order valence-corrected chi connectivity index (χ0v) is 10.8. The van der Waals surface area contributed by atoms with E-state index in [4.69, 9.17) is 5.11 Å². The van der Waals surface area contributed by atoms with Crippen LogP contribution in [0, 0.1) is 0 Å². The van der Waals surface area contributed by atoms with E-state index in [1.165, 1.54) is 6.20 Å². The zero-order chi connectivity index (χ0) is 12.6. The molecule has 2 heterocycles. The first kappa shape index (κ1) is 12.3. The van der Waals surface area contributed by atoms with Gasteiger partial charge in [-0.05, 0) is 6.42 Å². The van der Waals surface area contributed by atoms with Crippen LogP contribution in [0.3, 0.4) is 0 Å². The van der Waals surface area contributed by atoms with Crippen molar-refractivity contribution >= 4 is 32.3 Å². The molecule has 0 bridgehead atoms. The Morgan fingerprint density at radius 1 is 1.65 bits per heavy atom. The quantitative estimate of drug-likeness (QED) is 0.863. The summed E-state index contributed by atoms with van der Waals surface area (Å²) >= 11 is 1.06. The molecule has 1 aromatic rings. The van der Waals surface area contributed by atoms with Gasteiger partial charge in [-0.3, -0.25) is 0 Å². The average Bonchev–Trinajstić information content (AvgIpc) is 2.83. The summed E-state index contributed by atoms with van der Waals surface area (Å²) in [5, 5.41) is 9.33. The Morgan fingerprint density at radius 3 is 2.82 bits per heavy atom. The van der Waals surface area contributed by atoms with Crippen molar-refractivity contribution in [3.63, 3.8) is 0 Å².